The summed E-state index contributed by atoms with van der Waals surface area (Å²) in [5.74, 6) is -1.56. The zero-order chi connectivity index (χ0) is 48.0. The number of anilines is 1. The largest absolute Gasteiger partial charge is 0.495 e. The van der Waals surface area contributed by atoms with Crippen LogP contribution in [0.1, 0.15) is 95.5 Å². The van der Waals surface area contributed by atoms with E-state index in [0.29, 0.717) is 55.3 Å². The number of piperidine rings is 2. The van der Waals surface area contributed by atoms with E-state index in [-0.39, 0.29) is 89.1 Å². The van der Waals surface area contributed by atoms with E-state index >= 15 is 4.39 Å². The second kappa shape index (κ2) is 21.5. The van der Waals surface area contributed by atoms with E-state index < -0.39 is 17.8 Å². The number of primary amides is 1. The van der Waals surface area contributed by atoms with Gasteiger partial charge in [0.2, 0.25) is 17.7 Å². The molecule has 16 heteroatoms. The molecule has 3 aliphatic heterocycles. The van der Waals surface area contributed by atoms with E-state index in [1.165, 1.54) is 31.3 Å². The van der Waals surface area contributed by atoms with Crippen LogP contribution in [0.5, 0.6) is 11.5 Å². The summed E-state index contributed by atoms with van der Waals surface area (Å²) in [4.78, 5) is 70.5. The number of likely N-dealkylation sites (tertiary alicyclic amines) is 2. The van der Waals surface area contributed by atoms with Gasteiger partial charge in [-0.2, -0.15) is 0 Å². The van der Waals surface area contributed by atoms with E-state index in [1.54, 1.807) is 24.3 Å². The quantitative estimate of drug-likeness (QED) is 0.102. The number of imide groups is 1. The number of nitrogens with two attached hydrogens (primary N) is 1. The van der Waals surface area contributed by atoms with Crippen LogP contribution < -0.4 is 30.7 Å². The number of hydrogen-bond donors (Lipinski definition) is 3. The first-order chi connectivity index (χ1) is 32.9. The van der Waals surface area contributed by atoms with E-state index in [1.807, 2.05) is 40.1 Å². The molecule has 0 aromatic heterocycles. The highest BCUT2D eigenvalue weighted by molar-refractivity contribution is 6.33. The van der Waals surface area contributed by atoms with Crippen LogP contribution in [0.3, 0.4) is 0 Å². The Hall–Kier alpha value is -6.03. The summed E-state index contributed by atoms with van der Waals surface area (Å²) in [5, 5.41) is 6.40. The van der Waals surface area contributed by atoms with E-state index in [2.05, 4.69) is 22.8 Å². The van der Waals surface area contributed by atoms with Crippen LogP contribution in [-0.2, 0) is 14.3 Å². The molecule has 4 N–H and O–H groups in total. The minimum atomic E-state index is -0.789. The molecule has 4 aromatic carbocycles. The van der Waals surface area contributed by atoms with E-state index in [0.717, 1.165) is 62.5 Å². The molecule has 3 heterocycles. The maximum atomic E-state index is 16.2. The summed E-state index contributed by atoms with van der Waals surface area (Å²) in [5.41, 5.74) is 8.81. The van der Waals surface area contributed by atoms with Crippen molar-refractivity contribution in [2.75, 3.05) is 71.6 Å². The molecule has 1 saturated carbocycles. The Morgan fingerprint density at radius 1 is 0.868 bits per heavy atom. The Balaban J connectivity index is 0.876. The molecular weight excluding hydrogens is 891 g/mol. The highest BCUT2D eigenvalue weighted by atomic mass is 35.5. The minimum absolute atomic E-state index is 0.00770. The molecule has 4 aliphatic rings. The van der Waals surface area contributed by atoms with Gasteiger partial charge in [-0.25, -0.2) is 9.18 Å². The van der Waals surface area contributed by atoms with Crippen LogP contribution in [0.25, 0.3) is 11.1 Å². The summed E-state index contributed by atoms with van der Waals surface area (Å²) in [6, 6.07) is 23.1. The molecule has 1 atom stereocenters. The number of carbonyl (C=O) groups is 5. The second-order valence-corrected chi connectivity index (χ2v) is 18.9. The predicted octanol–water partition coefficient (Wildman–Crippen LogP) is 7.55. The van der Waals surface area contributed by atoms with E-state index in [9.17, 15) is 24.0 Å². The number of ether oxygens (including phenoxy) is 3. The molecule has 68 heavy (non-hydrogen) atoms. The summed E-state index contributed by atoms with van der Waals surface area (Å²) >= 11 is 6.76. The monoisotopic (exact) mass is 950 g/mol. The molecule has 0 radical (unpaired) electrons. The molecule has 8 rings (SSSR count). The van der Waals surface area contributed by atoms with Crippen molar-refractivity contribution in [3.63, 3.8) is 0 Å². The summed E-state index contributed by atoms with van der Waals surface area (Å²) < 4.78 is 32.4. The molecule has 1 spiro atoms. The summed E-state index contributed by atoms with van der Waals surface area (Å²) in [7, 11) is 3.03. The first-order valence-electron chi connectivity index (χ1n) is 23.6. The fraction of sp³-hybridized carbons (Fsp3) is 0.442. The van der Waals surface area contributed by atoms with Crippen molar-refractivity contribution in [2.45, 2.75) is 69.7 Å². The predicted molar refractivity (Wildman–Crippen MR) is 257 cm³/mol. The van der Waals surface area contributed by atoms with Crippen LogP contribution in [0.2, 0.25) is 5.02 Å². The Morgan fingerprint density at radius 2 is 1.62 bits per heavy atom. The molecule has 1 aliphatic carbocycles. The summed E-state index contributed by atoms with van der Waals surface area (Å²) in [6.45, 7) is 3.69. The molecule has 14 nitrogen and oxygen atoms in total. The van der Waals surface area contributed by atoms with Gasteiger partial charge in [0, 0.05) is 92.4 Å². The lowest BCUT2D eigenvalue weighted by atomic mass is 9.72. The van der Waals surface area contributed by atoms with Crippen molar-refractivity contribution in [1.82, 2.24) is 20.4 Å². The van der Waals surface area contributed by atoms with Gasteiger partial charge in [0.25, 0.3) is 5.91 Å². The van der Waals surface area contributed by atoms with Gasteiger partial charge in [0.1, 0.15) is 12.4 Å². The summed E-state index contributed by atoms with van der Waals surface area (Å²) in [6.07, 6.45) is 6.91. The van der Waals surface area contributed by atoms with Gasteiger partial charge in [0.15, 0.2) is 11.6 Å². The number of benzene rings is 4. The number of nitrogens with one attached hydrogen (secondary N) is 2. The topological polar surface area (TPSA) is 173 Å². The maximum absolute atomic E-state index is 16.2. The number of nitrogens with zero attached hydrogens (tertiary/aromatic N) is 3. The average molecular weight is 952 g/mol. The number of urea groups is 1. The maximum Gasteiger partial charge on any atom is 0.328 e. The lowest BCUT2D eigenvalue weighted by Crippen LogP contribution is -2.53. The van der Waals surface area contributed by atoms with Gasteiger partial charge < -0.3 is 35.1 Å². The number of rotatable bonds is 15. The molecule has 0 bridgehead atoms. The SMILES string of the molecule is COCCOc1ccc(C(N)=O)c(-c2cc(C(CNC3CCC(C(=O)N4CCC5(CCCN(C(=O)c6ccc(OC)c(N7CCC(=O)NC7=O)c6)C5)CC4)CC3)c3ccccc3)ccc2Cl)c1F. The Labute approximate surface area is 401 Å². The van der Waals surface area contributed by atoms with Crippen LogP contribution >= 0.6 is 11.6 Å². The second-order valence-electron chi connectivity index (χ2n) is 18.5. The average Bonchev–Trinajstić information content (AvgIpc) is 3.35. The smallest absolute Gasteiger partial charge is 0.328 e. The minimum Gasteiger partial charge on any atom is -0.495 e. The third-order valence-corrected chi connectivity index (χ3v) is 14.7. The van der Waals surface area contributed by atoms with Crippen molar-refractivity contribution >= 4 is 46.9 Å². The van der Waals surface area contributed by atoms with Gasteiger partial charge in [-0.15, -0.1) is 0 Å². The van der Waals surface area contributed by atoms with Gasteiger partial charge >= 0.3 is 6.03 Å². The van der Waals surface area contributed by atoms with Crippen molar-refractivity contribution in [2.24, 2.45) is 17.1 Å². The molecule has 1 unspecified atom stereocenters. The number of halogens is 2. The number of methoxy groups -OCH3 is 2. The molecule has 6 amide bonds. The first kappa shape index (κ1) is 48.4. The van der Waals surface area contributed by atoms with E-state index in [4.69, 9.17) is 31.5 Å². The Morgan fingerprint density at radius 3 is 2.32 bits per heavy atom. The standard InChI is InChI=1S/C52H60ClFN6O8/c1-66-27-28-68-44-18-15-38(48(55)62)46(47(44)54)39-29-35(11-16-41(39)53)40(33-7-4-3-5-8-33)31-56-37-13-9-34(10-14-37)49(63)58-25-21-52(22-26-58)20-6-23-59(32-52)50(64)36-12-17-43(67-2)42(30-36)60-24-19-45(61)57-51(60)65/h3-5,7-8,11-12,15-18,29-30,34,37,40,56H,6,9-10,13-14,19-28,31-32H2,1-2H3,(H2,55,62)(H,57,61,65). The van der Waals surface area contributed by atoms with Crippen LogP contribution in [0.4, 0.5) is 14.9 Å². The molecule has 4 fully saturated rings. The molecule has 360 valence electrons. The van der Waals surface area contributed by atoms with Crippen molar-refractivity contribution in [1.29, 1.82) is 0 Å². The van der Waals surface area contributed by atoms with Gasteiger partial charge in [-0.05, 0) is 110 Å². The van der Waals surface area contributed by atoms with Crippen molar-refractivity contribution in [3.8, 4) is 22.6 Å². The van der Waals surface area contributed by atoms with Crippen LogP contribution in [-0.4, -0.2) is 112 Å². The lowest BCUT2D eigenvalue weighted by molar-refractivity contribution is -0.139. The first-order valence-corrected chi connectivity index (χ1v) is 24.0. The Bertz CT molecular complexity index is 2510. The fourth-order valence-electron chi connectivity index (χ4n) is 10.5. The molecular formula is C52H60ClFN6O8. The van der Waals surface area contributed by atoms with Gasteiger partial charge in [0.05, 0.1) is 25.0 Å². The highest BCUT2D eigenvalue weighted by Gasteiger charge is 2.42. The molecule has 4 aromatic rings. The third kappa shape index (κ3) is 10.6. The van der Waals surface area contributed by atoms with Crippen molar-refractivity contribution in [3.05, 3.63) is 112 Å². The molecule has 3 saturated heterocycles. The van der Waals surface area contributed by atoms with Gasteiger partial charge in [-0.3, -0.25) is 29.4 Å². The van der Waals surface area contributed by atoms with Gasteiger partial charge in [-0.1, -0.05) is 48.0 Å². The van der Waals surface area contributed by atoms with Crippen LogP contribution in [0, 0.1) is 17.2 Å². The number of amides is 6. The zero-order valence-corrected chi connectivity index (χ0v) is 39.5. The highest BCUT2D eigenvalue weighted by Crippen LogP contribution is 2.43. The number of carbonyl (C=O) groups excluding carboxylic acids is 5. The van der Waals surface area contributed by atoms with Crippen molar-refractivity contribution < 1.29 is 42.6 Å². The zero-order valence-electron chi connectivity index (χ0n) is 38.7. The Kier molecular flexibility index (Phi) is 15.3. The number of hydrogen-bond acceptors (Lipinski definition) is 9. The normalized spacial score (nSPS) is 19.9. The fourth-order valence-corrected chi connectivity index (χ4v) is 10.7. The van der Waals surface area contributed by atoms with Crippen LogP contribution in [0.15, 0.2) is 78.9 Å². The third-order valence-electron chi connectivity index (χ3n) is 14.3. The lowest BCUT2D eigenvalue weighted by Gasteiger charge is -2.48.